The summed E-state index contributed by atoms with van der Waals surface area (Å²) in [6.45, 7) is 0. The van der Waals surface area contributed by atoms with Crippen LogP contribution in [0.25, 0.3) is 0 Å². The Labute approximate surface area is 126 Å². The minimum Gasteiger partial charge on any atom is -0.496 e. The highest BCUT2D eigenvalue weighted by molar-refractivity contribution is 5.38. The third kappa shape index (κ3) is 2.96. The summed E-state index contributed by atoms with van der Waals surface area (Å²) in [5.41, 5.74) is 3.45. The fourth-order valence-corrected chi connectivity index (χ4v) is 3.10. The zero-order valence-electron chi connectivity index (χ0n) is 12.5. The van der Waals surface area contributed by atoms with Crippen molar-refractivity contribution in [3.63, 3.8) is 0 Å². The summed E-state index contributed by atoms with van der Waals surface area (Å²) in [7, 11) is 1.67. The molecular weight excluding hydrogens is 260 g/mol. The first-order chi connectivity index (χ1) is 10.3. The number of aliphatic hydroxyl groups is 1. The number of benzene rings is 2. The van der Waals surface area contributed by atoms with Gasteiger partial charge in [0.25, 0.3) is 0 Å². The quantitative estimate of drug-likeness (QED) is 0.889. The number of aliphatic hydroxyl groups excluding tert-OH is 1. The molecule has 2 heteroatoms. The molecule has 110 valence electrons. The third-order valence-electron chi connectivity index (χ3n) is 4.51. The lowest BCUT2D eigenvalue weighted by Gasteiger charge is -2.29. The molecular formula is C19H22O2. The first-order valence-corrected chi connectivity index (χ1v) is 7.68. The van der Waals surface area contributed by atoms with Crippen LogP contribution in [-0.4, -0.2) is 12.2 Å². The average molecular weight is 282 g/mol. The number of hydrogen-bond acceptors (Lipinski definition) is 2. The highest BCUT2D eigenvalue weighted by Gasteiger charge is 2.24. The Morgan fingerprint density at radius 2 is 1.81 bits per heavy atom. The van der Waals surface area contributed by atoms with Crippen molar-refractivity contribution in [2.75, 3.05) is 7.11 Å². The van der Waals surface area contributed by atoms with Gasteiger partial charge in [-0.05, 0) is 41.5 Å². The van der Waals surface area contributed by atoms with E-state index in [-0.39, 0.29) is 0 Å². The molecule has 2 nitrogen and oxygen atoms in total. The number of methoxy groups -OCH3 is 1. The molecule has 0 aromatic heterocycles. The minimum atomic E-state index is -0.474. The van der Waals surface area contributed by atoms with Crippen molar-refractivity contribution >= 4 is 0 Å². The van der Waals surface area contributed by atoms with Crippen LogP contribution in [0.1, 0.15) is 48.0 Å². The van der Waals surface area contributed by atoms with Gasteiger partial charge in [0.15, 0.2) is 0 Å². The average Bonchev–Trinajstić information content (AvgIpc) is 2.46. The molecule has 1 aliphatic carbocycles. The second kappa shape index (κ2) is 6.31. The van der Waals surface area contributed by atoms with Crippen molar-refractivity contribution in [2.24, 2.45) is 0 Å². The van der Waals surface area contributed by atoms with E-state index in [1.165, 1.54) is 24.8 Å². The summed E-state index contributed by atoms with van der Waals surface area (Å²) < 4.78 is 5.38. The summed E-state index contributed by atoms with van der Waals surface area (Å²) in [4.78, 5) is 0. The maximum Gasteiger partial charge on any atom is 0.122 e. The standard InChI is InChI=1S/C19H22O2/c1-21-19-12-5-2-7-15(19)13-18(20)17-11-4-3-10-16(17)14-8-6-9-14/h2-5,7,10-12,14,18,20H,6,8-9,13H2,1H3. The molecule has 1 N–H and O–H groups in total. The maximum absolute atomic E-state index is 10.7. The Morgan fingerprint density at radius 3 is 2.52 bits per heavy atom. The molecule has 2 aromatic carbocycles. The molecule has 0 radical (unpaired) electrons. The van der Waals surface area contributed by atoms with Crippen LogP contribution in [0.5, 0.6) is 5.75 Å². The van der Waals surface area contributed by atoms with Gasteiger partial charge in [0.05, 0.1) is 13.2 Å². The third-order valence-corrected chi connectivity index (χ3v) is 4.51. The van der Waals surface area contributed by atoms with Crippen molar-refractivity contribution in [1.29, 1.82) is 0 Å². The molecule has 1 atom stereocenters. The van der Waals surface area contributed by atoms with Gasteiger partial charge in [0, 0.05) is 6.42 Å². The van der Waals surface area contributed by atoms with Crippen LogP contribution >= 0.6 is 0 Å². The molecule has 0 amide bonds. The van der Waals surface area contributed by atoms with Gasteiger partial charge < -0.3 is 9.84 Å². The zero-order valence-corrected chi connectivity index (χ0v) is 12.5. The van der Waals surface area contributed by atoms with E-state index in [1.807, 2.05) is 30.3 Å². The number of hydrogen-bond donors (Lipinski definition) is 1. The highest BCUT2D eigenvalue weighted by atomic mass is 16.5. The van der Waals surface area contributed by atoms with Crippen LogP contribution in [0.2, 0.25) is 0 Å². The van der Waals surface area contributed by atoms with Crippen LogP contribution in [0.4, 0.5) is 0 Å². The van der Waals surface area contributed by atoms with Crippen molar-refractivity contribution in [3.05, 3.63) is 65.2 Å². The monoisotopic (exact) mass is 282 g/mol. The Morgan fingerprint density at radius 1 is 1.10 bits per heavy atom. The van der Waals surface area contributed by atoms with E-state index < -0.39 is 6.10 Å². The van der Waals surface area contributed by atoms with Gasteiger partial charge in [-0.25, -0.2) is 0 Å². The predicted molar refractivity (Wildman–Crippen MR) is 84.7 cm³/mol. The highest BCUT2D eigenvalue weighted by Crippen LogP contribution is 2.40. The van der Waals surface area contributed by atoms with Crippen molar-refractivity contribution < 1.29 is 9.84 Å². The van der Waals surface area contributed by atoms with E-state index in [0.29, 0.717) is 12.3 Å². The Balaban J connectivity index is 1.83. The summed E-state index contributed by atoms with van der Waals surface area (Å²) >= 11 is 0. The van der Waals surface area contributed by atoms with Crippen molar-refractivity contribution in [3.8, 4) is 5.75 Å². The van der Waals surface area contributed by atoms with Crippen LogP contribution < -0.4 is 4.74 Å². The Kier molecular flexibility index (Phi) is 4.26. The van der Waals surface area contributed by atoms with Gasteiger partial charge >= 0.3 is 0 Å². The molecule has 3 rings (SSSR count). The molecule has 1 fully saturated rings. The van der Waals surface area contributed by atoms with E-state index in [0.717, 1.165) is 16.9 Å². The molecule has 1 saturated carbocycles. The van der Waals surface area contributed by atoms with Gasteiger partial charge in [-0.2, -0.15) is 0 Å². The second-order valence-corrected chi connectivity index (χ2v) is 5.79. The van der Waals surface area contributed by atoms with Gasteiger partial charge in [0.2, 0.25) is 0 Å². The molecule has 0 heterocycles. The molecule has 1 aliphatic rings. The fraction of sp³-hybridized carbons (Fsp3) is 0.368. The largest absolute Gasteiger partial charge is 0.496 e. The second-order valence-electron chi connectivity index (χ2n) is 5.79. The van der Waals surface area contributed by atoms with Crippen LogP contribution in [0, 0.1) is 0 Å². The normalized spacial score (nSPS) is 16.3. The number of ether oxygens (including phenoxy) is 1. The van der Waals surface area contributed by atoms with E-state index >= 15 is 0 Å². The first kappa shape index (κ1) is 14.2. The van der Waals surface area contributed by atoms with E-state index in [4.69, 9.17) is 4.74 Å². The van der Waals surface area contributed by atoms with Gasteiger partial charge in [-0.15, -0.1) is 0 Å². The van der Waals surface area contributed by atoms with E-state index in [1.54, 1.807) is 7.11 Å². The number of rotatable bonds is 5. The van der Waals surface area contributed by atoms with Gasteiger partial charge in [-0.3, -0.25) is 0 Å². The van der Waals surface area contributed by atoms with Crippen LogP contribution in [0.3, 0.4) is 0 Å². The Hall–Kier alpha value is -1.80. The van der Waals surface area contributed by atoms with E-state index in [2.05, 4.69) is 18.2 Å². The maximum atomic E-state index is 10.7. The summed E-state index contributed by atoms with van der Waals surface area (Å²) in [6.07, 6.45) is 3.92. The Bertz CT molecular complexity index is 602. The van der Waals surface area contributed by atoms with Crippen LogP contribution in [-0.2, 0) is 6.42 Å². The van der Waals surface area contributed by atoms with E-state index in [9.17, 15) is 5.11 Å². The molecule has 0 bridgehead atoms. The molecule has 0 aliphatic heterocycles. The lowest BCUT2D eigenvalue weighted by Crippen LogP contribution is -2.14. The lowest BCUT2D eigenvalue weighted by atomic mass is 9.77. The minimum absolute atomic E-state index is 0.474. The summed E-state index contributed by atoms with van der Waals surface area (Å²) in [6, 6.07) is 16.2. The smallest absolute Gasteiger partial charge is 0.122 e. The topological polar surface area (TPSA) is 29.5 Å². The van der Waals surface area contributed by atoms with Crippen LogP contribution in [0.15, 0.2) is 48.5 Å². The first-order valence-electron chi connectivity index (χ1n) is 7.68. The van der Waals surface area contributed by atoms with Gasteiger partial charge in [0.1, 0.15) is 5.75 Å². The summed E-state index contributed by atoms with van der Waals surface area (Å²) in [5.74, 6) is 1.48. The molecule has 1 unspecified atom stereocenters. The zero-order chi connectivity index (χ0) is 14.7. The predicted octanol–water partition coefficient (Wildman–Crippen LogP) is 4.24. The molecule has 0 spiro atoms. The molecule has 2 aromatic rings. The van der Waals surface area contributed by atoms with Gasteiger partial charge in [-0.1, -0.05) is 48.9 Å². The lowest BCUT2D eigenvalue weighted by molar-refractivity contribution is 0.174. The number of para-hydroxylation sites is 1. The molecule has 0 saturated heterocycles. The van der Waals surface area contributed by atoms with Crippen molar-refractivity contribution in [2.45, 2.75) is 37.7 Å². The van der Waals surface area contributed by atoms with Crippen molar-refractivity contribution in [1.82, 2.24) is 0 Å². The fourth-order valence-electron chi connectivity index (χ4n) is 3.10. The molecule has 21 heavy (non-hydrogen) atoms. The SMILES string of the molecule is COc1ccccc1CC(O)c1ccccc1C1CCC1. The summed E-state index contributed by atoms with van der Waals surface area (Å²) in [5, 5.41) is 10.7.